The van der Waals surface area contributed by atoms with Gasteiger partial charge in [-0.3, -0.25) is 0 Å². The lowest BCUT2D eigenvalue weighted by Crippen LogP contribution is -2.21. The van der Waals surface area contributed by atoms with E-state index in [1.807, 2.05) is 0 Å². The third kappa shape index (κ3) is 3.18. The quantitative estimate of drug-likeness (QED) is 0.681. The third-order valence-corrected chi connectivity index (χ3v) is 1.42. The van der Waals surface area contributed by atoms with Crippen molar-refractivity contribution in [3.8, 4) is 0 Å². The molecule has 0 bridgehead atoms. The van der Waals surface area contributed by atoms with Crippen molar-refractivity contribution in [1.29, 1.82) is 0 Å². The molecule has 14 heavy (non-hydrogen) atoms. The third-order valence-electron chi connectivity index (χ3n) is 1.42. The Morgan fingerprint density at radius 1 is 1.71 bits per heavy atom. The van der Waals surface area contributed by atoms with Crippen molar-refractivity contribution in [2.75, 3.05) is 6.61 Å². The maximum absolute atomic E-state index is 12.8. The molecule has 1 unspecified atom stereocenters. The Kier molecular flexibility index (Phi) is 4.12. The van der Waals surface area contributed by atoms with Gasteiger partial charge in [0.1, 0.15) is 12.4 Å². The minimum atomic E-state index is -2.06. The highest BCUT2D eigenvalue weighted by molar-refractivity contribution is 5.72. The number of furan rings is 1. The molecular weight excluding hydrogens is 191 g/mol. The van der Waals surface area contributed by atoms with Crippen molar-refractivity contribution in [2.24, 2.45) is 0 Å². The lowest BCUT2D eigenvalue weighted by molar-refractivity contribution is -0.171. The van der Waals surface area contributed by atoms with Gasteiger partial charge in [-0.1, -0.05) is 0 Å². The Balaban J connectivity index is 2.27. The Morgan fingerprint density at radius 2 is 2.50 bits per heavy atom. The molecule has 0 radical (unpaired) electrons. The average Bonchev–Trinajstić information content (AvgIpc) is 2.67. The molecule has 0 saturated heterocycles. The topological polar surface area (TPSA) is 48.7 Å². The molecule has 78 valence electrons. The highest BCUT2D eigenvalue weighted by Gasteiger charge is 2.19. The van der Waals surface area contributed by atoms with E-state index < -0.39 is 12.3 Å². The van der Waals surface area contributed by atoms with Crippen LogP contribution in [0.5, 0.6) is 0 Å². The molecular formula is C9H11FO4. The van der Waals surface area contributed by atoms with Gasteiger partial charge in [-0.05, 0) is 19.1 Å². The summed E-state index contributed by atoms with van der Waals surface area (Å²) < 4.78 is 26.7. The highest BCUT2D eigenvalue weighted by atomic mass is 19.1. The normalized spacial score (nSPS) is 12.4. The number of hydrogen-bond donors (Lipinski definition) is 0. The SMILES string of the molecule is CCOC(=O)C(F)OCc1ccco1. The lowest BCUT2D eigenvalue weighted by Gasteiger charge is -2.06. The van der Waals surface area contributed by atoms with Gasteiger partial charge in [0.15, 0.2) is 0 Å². The summed E-state index contributed by atoms with van der Waals surface area (Å²) in [4.78, 5) is 10.7. The predicted molar refractivity (Wildman–Crippen MR) is 45.0 cm³/mol. The summed E-state index contributed by atoms with van der Waals surface area (Å²) in [6, 6.07) is 3.27. The van der Waals surface area contributed by atoms with Crippen molar-refractivity contribution in [2.45, 2.75) is 19.9 Å². The summed E-state index contributed by atoms with van der Waals surface area (Å²) in [5, 5.41) is 0. The molecule has 1 heterocycles. The smallest absolute Gasteiger partial charge is 0.368 e. The van der Waals surface area contributed by atoms with E-state index in [1.54, 1.807) is 19.1 Å². The van der Waals surface area contributed by atoms with Gasteiger partial charge in [0.05, 0.1) is 12.9 Å². The number of ether oxygens (including phenoxy) is 2. The minimum Gasteiger partial charge on any atom is -0.467 e. The van der Waals surface area contributed by atoms with Crippen LogP contribution in [0.15, 0.2) is 22.8 Å². The van der Waals surface area contributed by atoms with E-state index in [1.165, 1.54) is 6.26 Å². The Labute approximate surface area is 80.6 Å². The van der Waals surface area contributed by atoms with Gasteiger partial charge >= 0.3 is 5.97 Å². The second-order valence-electron chi connectivity index (χ2n) is 2.46. The summed E-state index contributed by atoms with van der Waals surface area (Å²) in [6.45, 7) is 1.63. The van der Waals surface area contributed by atoms with Gasteiger partial charge in [-0.2, -0.15) is 0 Å². The zero-order valence-corrected chi connectivity index (χ0v) is 7.73. The molecule has 0 N–H and O–H groups in total. The molecule has 4 nitrogen and oxygen atoms in total. The molecule has 0 spiro atoms. The Hall–Kier alpha value is -1.36. The minimum absolute atomic E-state index is 0.0903. The molecule has 1 aromatic rings. The van der Waals surface area contributed by atoms with Crippen molar-refractivity contribution in [3.63, 3.8) is 0 Å². The van der Waals surface area contributed by atoms with Crippen LogP contribution in [0.4, 0.5) is 4.39 Å². The highest BCUT2D eigenvalue weighted by Crippen LogP contribution is 2.06. The van der Waals surface area contributed by atoms with Gasteiger partial charge in [0.25, 0.3) is 6.36 Å². The maximum Gasteiger partial charge on any atom is 0.368 e. The molecule has 0 saturated carbocycles. The summed E-state index contributed by atoms with van der Waals surface area (Å²) in [5.74, 6) is -0.559. The van der Waals surface area contributed by atoms with Crippen molar-refractivity contribution in [3.05, 3.63) is 24.2 Å². The van der Waals surface area contributed by atoms with Gasteiger partial charge < -0.3 is 13.9 Å². The summed E-state index contributed by atoms with van der Waals surface area (Å²) in [5.41, 5.74) is 0. The fraction of sp³-hybridized carbons (Fsp3) is 0.444. The first-order valence-corrected chi connectivity index (χ1v) is 4.18. The van der Waals surface area contributed by atoms with E-state index in [9.17, 15) is 9.18 Å². The first-order valence-electron chi connectivity index (χ1n) is 4.18. The maximum atomic E-state index is 12.8. The Bertz CT molecular complexity index is 270. The predicted octanol–water partition coefficient (Wildman–Crippen LogP) is 1.65. The number of alkyl halides is 1. The molecule has 0 amide bonds. The molecule has 0 aliphatic heterocycles. The molecule has 0 aliphatic rings. The van der Waals surface area contributed by atoms with Crippen LogP contribution in [0, 0.1) is 0 Å². The number of hydrogen-bond acceptors (Lipinski definition) is 4. The second-order valence-corrected chi connectivity index (χ2v) is 2.46. The van der Waals surface area contributed by atoms with Gasteiger partial charge in [0, 0.05) is 0 Å². The van der Waals surface area contributed by atoms with Crippen LogP contribution in [0.2, 0.25) is 0 Å². The van der Waals surface area contributed by atoms with Crippen LogP contribution in [0.3, 0.4) is 0 Å². The van der Waals surface area contributed by atoms with Gasteiger partial charge in [-0.25, -0.2) is 9.18 Å². The van der Waals surface area contributed by atoms with Crippen molar-refractivity contribution >= 4 is 5.97 Å². The van der Waals surface area contributed by atoms with Crippen LogP contribution < -0.4 is 0 Å². The van der Waals surface area contributed by atoms with E-state index in [0.29, 0.717) is 5.76 Å². The van der Waals surface area contributed by atoms with Crippen molar-refractivity contribution < 1.29 is 23.1 Å². The van der Waals surface area contributed by atoms with E-state index >= 15 is 0 Å². The molecule has 1 rings (SSSR count). The average molecular weight is 202 g/mol. The second kappa shape index (κ2) is 5.39. The van der Waals surface area contributed by atoms with E-state index in [0.717, 1.165) is 0 Å². The zero-order valence-electron chi connectivity index (χ0n) is 7.73. The molecule has 0 aliphatic carbocycles. The number of esters is 1. The van der Waals surface area contributed by atoms with E-state index in [2.05, 4.69) is 9.47 Å². The molecule has 0 fully saturated rings. The molecule has 0 aromatic carbocycles. The molecule has 1 atom stereocenters. The Morgan fingerprint density at radius 3 is 3.07 bits per heavy atom. The standard InChI is InChI=1S/C9H11FO4/c1-2-12-9(11)8(10)14-6-7-4-3-5-13-7/h3-5,8H,2,6H2,1H3. The zero-order chi connectivity index (χ0) is 10.4. The van der Waals surface area contributed by atoms with Crippen molar-refractivity contribution in [1.82, 2.24) is 0 Å². The van der Waals surface area contributed by atoms with Crippen LogP contribution in [-0.2, 0) is 20.9 Å². The summed E-state index contributed by atoms with van der Waals surface area (Å²) in [7, 11) is 0. The fourth-order valence-corrected chi connectivity index (χ4v) is 0.826. The molecule has 1 aromatic heterocycles. The lowest BCUT2D eigenvalue weighted by atomic mass is 10.5. The summed E-state index contributed by atoms with van der Waals surface area (Å²) in [6.07, 6.45) is -0.615. The number of halogens is 1. The van der Waals surface area contributed by atoms with E-state index in [4.69, 9.17) is 4.42 Å². The van der Waals surface area contributed by atoms with Crippen LogP contribution in [0.25, 0.3) is 0 Å². The fourth-order valence-electron chi connectivity index (χ4n) is 0.826. The van der Waals surface area contributed by atoms with Crippen LogP contribution >= 0.6 is 0 Å². The van der Waals surface area contributed by atoms with Gasteiger partial charge in [-0.15, -0.1) is 0 Å². The number of carbonyl (C=O) groups excluding carboxylic acids is 1. The first kappa shape index (κ1) is 10.7. The van der Waals surface area contributed by atoms with Crippen LogP contribution in [-0.4, -0.2) is 18.9 Å². The molecule has 5 heteroatoms. The number of rotatable bonds is 5. The summed E-state index contributed by atoms with van der Waals surface area (Å²) >= 11 is 0. The largest absolute Gasteiger partial charge is 0.467 e. The van der Waals surface area contributed by atoms with Gasteiger partial charge in [0.2, 0.25) is 0 Å². The van der Waals surface area contributed by atoms with E-state index in [-0.39, 0.29) is 13.2 Å². The monoisotopic (exact) mass is 202 g/mol. The first-order chi connectivity index (χ1) is 6.74. The van der Waals surface area contributed by atoms with Crippen LogP contribution in [0.1, 0.15) is 12.7 Å². The number of carbonyl (C=O) groups is 1.